The van der Waals surface area contributed by atoms with Gasteiger partial charge in [0.2, 0.25) is 5.69 Å². The number of hydrogen-bond donors (Lipinski definition) is 0. The molecule has 0 atom stereocenters. The molecule has 5 rings (SSSR count). The zero-order chi connectivity index (χ0) is 21.3. The van der Waals surface area contributed by atoms with Crippen LogP contribution in [0.15, 0.2) is 72.9 Å². The van der Waals surface area contributed by atoms with E-state index in [0.717, 1.165) is 0 Å². The zero-order valence-corrected chi connectivity index (χ0v) is 18.9. The molecule has 30 heavy (non-hydrogen) atoms. The van der Waals surface area contributed by atoms with Crippen LogP contribution in [0.2, 0.25) is 0 Å². The largest absolute Gasteiger partial charge is 0.213 e. The minimum atomic E-state index is 0.00753. The van der Waals surface area contributed by atoms with E-state index in [1.54, 1.807) is 0 Å². The third kappa shape index (κ3) is 2.45. The highest BCUT2D eigenvalue weighted by Gasteiger charge is 2.47. The van der Waals surface area contributed by atoms with Crippen molar-refractivity contribution in [1.82, 2.24) is 0 Å². The fourth-order valence-electron chi connectivity index (χ4n) is 5.26. The zero-order valence-electron chi connectivity index (χ0n) is 18.9. The van der Waals surface area contributed by atoms with Gasteiger partial charge in [0.15, 0.2) is 6.20 Å². The van der Waals surface area contributed by atoms with Crippen LogP contribution in [0.4, 0.5) is 0 Å². The van der Waals surface area contributed by atoms with Crippen molar-refractivity contribution < 1.29 is 4.57 Å². The summed E-state index contributed by atoms with van der Waals surface area (Å²) >= 11 is 0. The van der Waals surface area contributed by atoms with Crippen molar-refractivity contribution in [1.29, 1.82) is 0 Å². The van der Waals surface area contributed by atoms with E-state index in [1.165, 1.54) is 49.8 Å². The van der Waals surface area contributed by atoms with Gasteiger partial charge in [0.05, 0.1) is 5.56 Å². The molecule has 0 bridgehead atoms. The van der Waals surface area contributed by atoms with E-state index in [9.17, 15) is 0 Å². The van der Waals surface area contributed by atoms with Gasteiger partial charge in [0.25, 0.3) is 0 Å². The molecule has 0 amide bonds. The summed E-state index contributed by atoms with van der Waals surface area (Å²) in [7, 11) is 2.15. The molecule has 0 fully saturated rings. The van der Waals surface area contributed by atoms with Crippen molar-refractivity contribution in [3.05, 3.63) is 89.6 Å². The Morgan fingerprint density at radius 1 is 0.667 bits per heavy atom. The number of rotatable bonds is 1. The summed E-state index contributed by atoms with van der Waals surface area (Å²) in [4.78, 5) is 0. The smallest absolute Gasteiger partial charge is 0.201 e. The van der Waals surface area contributed by atoms with Crippen molar-refractivity contribution in [2.24, 2.45) is 7.05 Å². The van der Waals surface area contributed by atoms with Gasteiger partial charge in [-0.15, -0.1) is 0 Å². The average Bonchev–Trinajstić information content (AvgIpc) is 2.72. The summed E-state index contributed by atoms with van der Waals surface area (Å²) in [5, 5.41) is 2.63. The van der Waals surface area contributed by atoms with Gasteiger partial charge in [-0.25, -0.2) is 4.57 Å². The predicted octanol–water partition coefficient (Wildman–Crippen LogP) is 6.88. The molecule has 0 radical (unpaired) electrons. The van der Waals surface area contributed by atoms with Gasteiger partial charge in [-0.3, -0.25) is 0 Å². The normalized spacial score (nSPS) is 16.2. The van der Waals surface area contributed by atoms with Gasteiger partial charge in [-0.05, 0) is 74.5 Å². The van der Waals surface area contributed by atoms with Gasteiger partial charge in [0.1, 0.15) is 7.05 Å². The molecule has 1 nitrogen and oxygen atoms in total. The van der Waals surface area contributed by atoms with E-state index in [-0.39, 0.29) is 10.8 Å². The minimum absolute atomic E-state index is 0.00753. The standard InChI is InChI=1S/C29H30N/c1-19-14-15-23-27(26(19)25-13-9-10-16-30(25)6)22-17-20-11-7-8-12-21(20)18-24(22)29(4,5)28(23,2)3/h7-18H,1-6H3/q+1. The van der Waals surface area contributed by atoms with Crippen LogP contribution in [0.25, 0.3) is 33.2 Å². The van der Waals surface area contributed by atoms with Crippen LogP contribution in [0.3, 0.4) is 0 Å². The fraction of sp³-hybridized carbons (Fsp3) is 0.276. The first kappa shape index (κ1) is 19.1. The first-order chi connectivity index (χ1) is 14.2. The molecule has 1 heterocycles. The Balaban J connectivity index is 1.98. The number of pyridine rings is 1. The Kier molecular flexibility index (Phi) is 3.99. The molecule has 150 valence electrons. The molecular formula is C29H30N+. The van der Waals surface area contributed by atoms with Crippen LogP contribution in [0.5, 0.6) is 0 Å². The minimum Gasteiger partial charge on any atom is -0.201 e. The summed E-state index contributed by atoms with van der Waals surface area (Å²) in [6.45, 7) is 11.9. The molecule has 1 heteroatoms. The van der Waals surface area contributed by atoms with Crippen LogP contribution in [0, 0.1) is 6.92 Å². The highest BCUT2D eigenvalue weighted by Crippen LogP contribution is 2.56. The summed E-state index contributed by atoms with van der Waals surface area (Å²) in [5.74, 6) is 0. The third-order valence-corrected chi connectivity index (χ3v) is 7.79. The molecule has 4 aromatic rings. The maximum Gasteiger partial charge on any atom is 0.213 e. The van der Waals surface area contributed by atoms with Gasteiger partial charge in [-0.1, -0.05) is 64.1 Å². The Labute approximate surface area is 180 Å². The third-order valence-electron chi connectivity index (χ3n) is 7.79. The lowest BCUT2D eigenvalue weighted by molar-refractivity contribution is -0.660. The first-order valence-corrected chi connectivity index (χ1v) is 10.9. The van der Waals surface area contributed by atoms with E-state index in [1.807, 2.05) is 0 Å². The highest BCUT2D eigenvalue weighted by atomic mass is 14.9. The Morgan fingerprint density at radius 2 is 1.30 bits per heavy atom. The number of benzene rings is 3. The topological polar surface area (TPSA) is 3.88 Å². The molecule has 1 aliphatic carbocycles. The van der Waals surface area contributed by atoms with E-state index in [0.29, 0.717) is 0 Å². The molecule has 0 N–H and O–H groups in total. The Morgan fingerprint density at radius 3 is 2.00 bits per heavy atom. The number of hydrogen-bond acceptors (Lipinski definition) is 0. The van der Waals surface area contributed by atoms with E-state index in [2.05, 4.69) is 119 Å². The number of aromatic nitrogens is 1. The monoisotopic (exact) mass is 392 g/mol. The van der Waals surface area contributed by atoms with Crippen molar-refractivity contribution in [2.45, 2.75) is 45.4 Å². The Bertz CT molecular complexity index is 1310. The molecule has 1 aromatic heterocycles. The van der Waals surface area contributed by atoms with Crippen molar-refractivity contribution >= 4 is 10.8 Å². The lowest BCUT2D eigenvalue weighted by Crippen LogP contribution is -2.44. The van der Waals surface area contributed by atoms with E-state index < -0.39 is 0 Å². The lowest BCUT2D eigenvalue weighted by Gasteiger charge is -2.49. The molecule has 0 unspecified atom stereocenters. The lowest BCUT2D eigenvalue weighted by atomic mass is 9.54. The van der Waals surface area contributed by atoms with Crippen molar-refractivity contribution in [2.75, 3.05) is 0 Å². The molecule has 0 spiro atoms. The first-order valence-electron chi connectivity index (χ1n) is 10.9. The van der Waals surface area contributed by atoms with Gasteiger partial charge in [0, 0.05) is 12.1 Å². The SMILES string of the molecule is Cc1ccc2c(c1-c1cccc[n+]1C)-c1cc3ccccc3cc1C(C)(C)C2(C)C. The van der Waals surface area contributed by atoms with Gasteiger partial charge < -0.3 is 0 Å². The number of fused-ring (bicyclic) bond motifs is 4. The number of nitrogens with zero attached hydrogens (tertiary/aromatic N) is 1. The van der Waals surface area contributed by atoms with Crippen LogP contribution in [-0.2, 0) is 17.9 Å². The average molecular weight is 393 g/mol. The second-order valence-electron chi connectivity index (χ2n) is 9.87. The molecule has 0 saturated heterocycles. The van der Waals surface area contributed by atoms with Crippen LogP contribution < -0.4 is 4.57 Å². The van der Waals surface area contributed by atoms with Crippen LogP contribution in [0.1, 0.15) is 44.4 Å². The second-order valence-corrected chi connectivity index (χ2v) is 9.87. The van der Waals surface area contributed by atoms with Crippen LogP contribution in [-0.4, -0.2) is 0 Å². The summed E-state index contributed by atoms with van der Waals surface area (Å²) in [6, 6.07) is 24.8. The van der Waals surface area contributed by atoms with Crippen LogP contribution >= 0.6 is 0 Å². The summed E-state index contributed by atoms with van der Waals surface area (Å²) < 4.78 is 2.25. The summed E-state index contributed by atoms with van der Waals surface area (Å²) in [6.07, 6.45) is 2.15. The quantitative estimate of drug-likeness (QED) is 0.311. The maximum atomic E-state index is 2.44. The molecular weight excluding hydrogens is 362 g/mol. The maximum absolute atomic E-state index is 2.44. The molecule has 0 saturated carbocycles. The van der Waals surface area contributed by atoms with Crippen molar-refractivity contribution in [3.8, 4) is 22.4 Å². The predicted molar refractivity (Wildman–Crippen MR) is 127 cm³/mol. The number of aryl methyl sites for hydroxylation is 2. The fourth-order valence-corrected chi connectivity index (χ4v) is 5.26. The van der Waals surface area contributed by atoms with Gasteiger partial charge >= 0.3 is 0 Å². The van der Waals surface area contributed by atoms with E-state index in [4.69, 9.17) is 0 Å². The van der Waals surface area contributed by atoms with E-state index >= 15 is 0 Å². The van der Waals surface area contributed by atoms with Gasteiger partial charge in [-0.2, -0.15) is 0 Å². The Hall–Kier alpha value is -2.93. The summed E-state index contributed by atoms with van der Waals surface area (Å²) in [5.41, 5.74) is 9.65. The molecule has 1 aliphatic rings. The molecule has 3 aromatic carbocycles. The highest BCUT2D eigenvalue weighted by molar-refractivity contribution is 5.96. The molecule has 0 aliphatic heterocycles. The second kappa shape index (κ2) is 6.28. The van der Waals surface area contributed by atoms with Crippen molar-refractivity contribution in [3.63, 3.8) is 0 Å².